The minimum atomic E-state index is -0.411. The van der Waals surface area contributed by atoms with Crippen molar-refractivity contribution in [3.63, 3.8) is 0 Å². The van der Waals surface area contributed by atoms with Crippen molar-refractivity contribution >= 4 is 5.69 Å². The minimum absolute atomic E-state index is 0.0972. The fourth-order valence-corrected chi connectivity index (χ4v) is 1.28. The Kier molecular flexibility index (Phi) is 2.34. The Morgan fingerprint density at radius 3 is 2.47 bits per heavy atom. The van der Waals surface area contributed by atoms with Gasteiger partial charge in [-0.1, -0.05) is 6.92 Å². The van der Waals surface area contributed by atoms with Crippen molar-refractivity contribution in [3.8, 4) is 5.75 Å². The van der Waals surface area contributed by atoms with Gasteiger partial charge in [-0.2, -0.15) is 0 Å². The van der Waals surface area contributed by atoms with E-state index in [0.29, 0.717) is 17.8 Å². The molecule has 0 radical (unpaired) electrons. The Morgan fingerprint density at radius 1 is 1.40 bits per heavy atom. The van der Waals surface area contributed by atoms with Gasteiger partial charge in [0.2, 0.25) is 0 Å². The highest BCUT2D eigenvalue weighted by Crippen LogP contribution is 2.45. The molecule has 0 atom stereocenters. The lowest BCUT2D eigenvalue weighted by Gasteiger charge is -2.10. The largest absolute Gasteiger partial charge is 0.493 e. The van der Waals surface area contributed by atoms with Gasteiger partial charge in [0.05, 0.1) is 11.5 Å². The van der Waals surface area contributed by atoms with Crippen LogP contribution in [0.1, 0.15) is 19.8 Å². The van der Waals surface area contributed by atoms with Gasteiger partial charge in [0.1, 0.15) is 5.75 Å². The van der Waals surface area contributed by atoms with Crippen molar-refractivity contribution in [2.45, 2.75) is 19.8 Å². The smallest absolute Gasteiger partial charge is 0.269 e. The molecule has 1 aromatic carbocycles. The summed E-state index contributed by atoms with van der Waals surface area (Å²) in [6, 6.07) is 6.21. The molecule has 0 aromatic heterocycles. The zero-order chi connectivity index (χ0) is 10.9. The summed E-state index contributed by atoms with van der Waals surface area (Å²) in [6.45, 7) is 2.88. The summed E-state index contributed by atoms with van der Waals surface area (Å²) >= 11 is 0. The molecule has 1 fully saturated rings. The molecule has 0 heterocycles. The Balaban J connectivity index is 1.95. The summed E-state index contributed by atoms with van der Waals surface area (Å²) in [5, 5.41) is 10.4. The van der Waals surface area contributed by atoms with E-state index in [2.05, 4.69) is 6.92 Å². The Bertz CT molecular complexity index is 368. The number of non-ortho nitro benzene ring substituents is 1. The second-order valence-electron chi connectivity index (χ2n) is 4.35. The standard InChI is InChI=1S/C11H13NO3/c1-11(6-7-11)8-15-10-4-2-9(3-5-10)12(13)14/h2-5H,6-8H2,1H3. The Labute approximate surface area is 88.0 Å². The van der Waals surface area contributed by atoms with Crippen LogP contribution in [0, 0.1) is 15.5 Å². The van der Waals surface area contributed by atoms with Crippen LogP contribution in [0.4, 0.5) is 5.69 Å². The van der Waals surface area contributed by atoms with Crippen LogP contribution < -0.4 is 4.74 Å². The van der Waals surface area contributed by atoms with Gasteiger partial charge in [0, 0.05) is 17.5 Å². The van der Waals surface area contributed by atoms with Crippen LogP contribution in [0.15, 0.2) is 24.3 Å². The first-order chi connectivity index (χ1) is 7.09. The number of ether oxygens (including phenoxy) is 1. The third-order valence-corrected chi connectivity index (χ3v) is 2.74. The molecule has 4 nitrogen and oxygen atoms in total. The molecule has 4 heteroatoms. The zero-order valence-corrected chi connectivity index (χ0v) is 8.60. The van der Waals surface area contributed by atoms with Gasteiger partial charge in [0.15, 0.2) is 0 Å². The summed E-state index contributed by atoms with van der Waals surface area (Å²) in [7, 11) is 0. The summed E-state index contributed by atoms with van der Waals surface area (Å²) < 4.78 is 5.55. The van der Waals surface area contributed by atoms with E-state index in [1.807, 2.05) is 0 Å². The van der Waals surface area contributed by atoms with Gasteiger partial charge in [-0.3, -0.25) is 10.1 Å². The topological polar surface area (TPSA) is 52.4 Å². The maximum absolute atomic E-state index is 10.4. The number of benzene rings is 1. The highest BCUT2D eigenvalue weighted by Gasteiger charge is 2.38. The molecule has 0 saturated heterocycles. The molecule has 0 aliphatic heterocycles. The number of hydrogen-bond donors (Lipinski definition) is 0. The first-order valence-electron chi connectivity index (χ1n) is 4.96. The summed E-state index contributed by atoms with van der Waals surface area (Å²) in [5.41, 5.74) is 0.432. The second-order valence-corrected chi connectivity index (χ2v) is 4.35. The van der Waals surface area contributed by atoms with Crippen LogP contribution in [0.3, 0.4) is 0 Å². The molecule has 2 rings (SSSR count). The first kappa shape index (κ1) is 9.96. The molecule has 1 aromatic rings. The quantitative estimate of drug-likeness (QED) is 0.563. The fourth-order valence-electron chi connectivity index (χ4n) is 1.28. The maximum Gasteiger partial charge on any atom is 0.269 e. The number of nitro groups is 1. The van der Waals surface area contributed by atoms with E-state index in [4.69, 9.17) is 4.74 Å². The van der Waals surface area contributed by atoms with Crippen LogP contribution in [0.5, 0.6) is 5.75 Å². The van der Waals surface area contributed by atoms with E-state index >= 15 is 0 Å². The Morgan fingerprint density at radius 2 is 2.00 bits per heavy atom. The zero-order valence-electron chi connectivity index (χ0n) is 8.60. The van der Waals surface area contributed by atoms with Crippen LogP contribution >= 0.6 is 0 Å². The molecule has 0 amide bonds. The predicted octanol–water partition coefficient (Wildman–Crippen LogP) is 2.77. The van der Waals surface area contributed by atoms with E-state index in [0.717, 1.165) is 0 Å². The molecule has 0 unspecified atom stereocenters. The number of nitrogens with zero attached hydrogens (tertiary/aromatic N) is 1. The highest BCUT2D eigenvalue weighted by atomic mass is 16.6. The van der Waals surface area contributed by atoms with Gasteiger partial charge in [-0.15, -0.1) is 0 Å². The second kappa shape index (κ2) is 3.53. The average molecular weight is 207 g/mol. The highest BCUT2D eigenvalue weighted by molar-refractivity contribution is 5.36. The number of rotatable bonds is 4. The summed E-state index contributed by atoms with van der Waals surface area (Å²) in [6.07, 6.45) is 2.42. The molecular weight excluding hydrogens is 194 g/mol. The molecule has 15 heavy (non-hydrogen) atoms. The van der Waals surface area contributed by atoms with Crippen molar-refractivity contribution in [2.75, 3.05) is 6.61 Å². The Hall–Kier alpha value is -1.58. The van der Waals surface area contributed by atoms with Gasteiger partial charge < -0.3 is 4.74 Å². The van der Waals surface area contributed by atoms with E-state index in [1.54, 1.807) is 12.1 Å². The molecule has 1 saturated carbocycles. The monoisotopic (exact) mass is 207 g/mol. The molecule has 1 aliphatic carbocycles. The summed E-state index contributed by atoms with van der Waals surface area (Å²) in [5.74, 6) is 0.703. The van der Waals surface area contributed by atoms with Crippen LogP contribution in [-0.4, -0.2) is 11.5 Å². The lowest BCUT2D eigenvalue weighted by Crippen LogP contribution is -2.08. The average Bonchev–Trinajstić information content (AvgIpc) is 2.95. The summed E-state index contributed by atoms with van der Waals surface area (Å²) in [4.78, 5) is 9.99. The van der Waals surface area contributed by atoms with Crippen molar-refractivity contribution < 1.29 is 9.66 Å². The number of hydrogen-bond acceptors (Lipinski definition) is 3. The third kappa shape index (κ3) is 2.46. The van der Waals surface area contributed by atoms with E-state index in [1.165, 1.54) is 25.0 Å². The van der Waals surface area contributed by atoms with Crippen molar-refractivity contribution in [2.24, 2.45) is 5.41 Å². The third-order valence-electron chi connectivity index (χ3n) is 2.74. The lowest BCUT2D eigenvalue weighted by atomic mass is 10.2. The van der Waals surface area contributed by atoms with Gasteiger partial charge >= 0.3 is 0 Å². The lowest BCUT2D eigenvalue weighted by molar-refractivity contribution is -0.384. The molecule has 80 valence electrons. The van der Waals surface area contributed by atoms with Crippen LogP contribution in [0.2, 0.25) is 0 Å². The minimum Gasteiger partial charge on any atom is -0.493 e. The van der Waals surface area contributed by atoms with Crippen molar-refractivity contribution in [1.29, 1.82) is 0 Å². The van der Waals surface area contributed by atoms with Crippen LogP contribution in [-0.2, 0) is 0 Å². The van der Waals surface area contributed by atoms with Gasteiger partial charge in [-0.05, 0) is 25.0 Å². The van der Waals surface area contributed by atoms with Gasteiger partial charge in [-0.25, -0.2) is 0 Å². The predicted molar refractivity (Wildman–Crippen MR) is 55.9 cm³/mol. The molecule has 1 aliphatic rings. The van der Waals surface area contributed by atoms with Crippen molar-refractivity contribution in [3.05, 3.63) is 34.4 Å². The number of nitro benzene ring substituents is 1. The molecule has 0 bridgehead atoms. The van der Waals surface area contributed by atoms with E-state index in [-0.39, 0.29) is 5.69 Å². The van der Waals surface area contributed by atoms with E-state index < -0.39 is 4.92 Å². The van der Waals surface area contributed by atoms with E-state index in [9.17, 15) is 10.1 Å². The molecular formula is C11H13NO3. The molecule has 0 spiro atoms. The van der Waals surface area contributed by atoms with Crippen molar-refractivity contribution in [1.82, 2.24) is 0 Å². The normalized spacial score (nSPS) is 17.1. The maximum atomic E-state index is 10.4. The SMILES string of the molecule is CC1(COc2ccc([N+](=O)[O-])cc2)CC1. The van der Waals surface area contributed by atoms with Gasteiger partial charge in [0.25, 0.3) is 5.69 Å². The fraction of sp³-hybridized carbons (Fsp3) is 0.455. The molecule has 0 N–H and O–H groups in total. The first-order valence-corrected chi connectivity index (χ1v) is 4.96. The van der Waals surface area contributed by atoms with Crippen LogP contribution in [0.25, 0.3) is 0 Å².